The third-order valence-corrected chi connectivity index (χ3v) is 6.95. The van der Waals surface area contributed by atoms with Gasteiger partial charge in [-0.05, 0) is 63.2 Å². The fourth-order valence-electron chi connectivity index (χ4n) is 5.04. The van der Waals surface area contributed by atoms with E-state index in [0.29, 0.717) is 18.7 Å². The molecule has 1 aliphatic rings. The van der Waals surface area contributed by atoms with E-state index < -0.39 is 5.54 Å². The molecule has 0 saturated heterocycles. The van der Waals surface area contributed by atoms with Gasteiger partial charge in [0.2, 0.25) is 12.3 Å². The number of nitrogens with zero attached hydrogens (tertiary/aromatic N) is 2. The summed E-state index contributed by atoms with van der Waals surface area (Å²) in [5.41, 5.74) is 1.29. The Morgan fingerprint density at radius 3 is 2.66 bits per heavy atom. The molecule has 2 amide bonds. The summed E-state index contributed by atoms with van der Waals surface area (Å²) >= 11 is 0. The zero-order valence-corrected chi connectivity index (χ0v) is 20.5. The molecule has 3 aromatic rings. The SMILES string of the molecule is CN(C)CCNC(=O)C(Cc1ccc(Oc2ccnc3[nH]ccc23)cc1)C1(NC=O)CCCCC1. The minimum atomic E-state index is -0.520. The molecule has 0 aliphatic heterocycles. The Morgan fingerprint density at radius 1 is 1.17 bits per heavy atom. The number of amides is 2. The average molecular weight is 478 g/mol. The van der Waals surface area contributed by atoms with Gasteiger partial charge in [0.1, 0.15) is 17.1 Å². The fourth-order valence-corrected chi connectivity index (χ4v) is 5.04. The summed E-state index contributed by atoms with van der Waals surface area (Å²) in [6, 6.07) is 11.6. The molecule has 186 valence electrons. The zero-order valence-electron chi connectivity index (χ0n) is 20.5. The number of nitrogens with one attached hydrogen (secondary N) is 3. The van der Waals surface area contributed by atoms with Crippen LogP contribution in [0.25, 0.3) is 11.0 Å². The second-order valence-corrected chi connectivity index (χ2v) is 9.63. The highest BCUT2D eigenvalue weighted by atomic mass is 16.5. The molecule has 0 radical (unpaired) electrons. The highest BCUT2D eigenvalue weighted by molar-refractivity contribution is 5.82. The van der Waals surface area contributed by atoms with Crippen molar-refractivity contribution in [1.82, 2.24) is 25.5 Å². The molecule has 8 nitrogen and oxygen atoms in total. The van der Waals surface area contributed by atoms with Crippen LogP contribution in [0.5, 0.6) is 11.5 Å². The van der Waals surface area contributed by atoms with Gasteiger partial charge in [-0.2, -0.15) is 0 Å². The number of ether oxygens (including phenoxy) is 1. The maximum atomic E-state index is 13.4. The maximum absolute atomic E-state index is 13.4. The Kier molecular flexibility index (Phi) is 8.02. The summed E-state index contributed by atoms with van der Waals surface area (Å²) in [4.78, 5) is 34.4. The number of hydrogen-bond donors (Lipinski definition) is 3. The Bertz CT molecular complexity index is 1120. The van der Waals surface area contributed by atoms with E-state index >= 15 is 0 Å². The molecule has 2 heterocycles. The normalized spacial score (nSPS) is 16.1. The lowest BCUT2D eigenvalue weighted by atomic mass is 9.70. The van der Waals surface area contributed by atoms with Crippen LogP contribution < -0.4 is 15.4 Å². The van der Waals surface area contributed by atoms with Crippen molar-refractivity contribution in [1.29, 1.82) is 0 Å². The molecule has 1 aliphatic carbocycles. The lowest BCUT2D eigenvalue weighted by Crippen LogP contribution is -2.57. The van der Waals surface area contributed by atoms with Crippen molar-refractivity contribution in [2.45, 2.75) is 44.1 Å². The van der Waals surface area contributed by atoms with Crippen molar-refractivity contribution in [2.24, 2.45) is 5.92 Å². The van der Waals surface area contributed by atoms with Gasteiger partial charge in [-0.15, -0.1) is 0 Å². The highest BCUT2D eigenvalue weighted by Crippen LogP contribution is 2.37. The minimum Gasteiger partial charge on any atom is -0.457 e. The predicted molar refractivity (Wildman–Crippen MR) is 136 cm³/mol. The Labute approximate surface area is 206 Å². The van der Waals surface area contributed by atoms with Gasteiger partial charge in [0.25, 0.3) is 0 Å². The topological polar surface area (TPSA) is 99.3 Å². The summed E-state index contributed by atoms with van der Waals surface area (Å²) in [7, 11) is 3.97. The summed E-state index contributed by atoms with van der Waals surface area (Å²) in [5.74, 6) is 1.10. The molecule has 1 atom stereocenters. The molecule has 1 aromatic carbocycles. The summed E-state index contributed by atoms with van der Waals surface area (Å²) in [5, 5.41) is 7.10. The van der Waals surface area contributed by atoms with Crippen LogP contribution in [0.2, 0.25) is 0 Å². The predicted octanol–water partition coefficient (Wildman–Crippen LogP) is 3.64. The number of hydrogen-bond acceptors (Lipinski definition) is 5. The molecule has 35 heavy (non-hydrogen) atoms. The zero-order chi connectivity index (χ0) is 24.7. The van der Waals surface area contributed by atoms with Crippen LogP contribution in [0.15, 0.2) is 48.8 Å². The number of pyridine rings is 1. The van der Waals surface area contributed by atoms with Gasteiger partial charge in [-0.25, -0.2) is 4.98 Å². The number of fused-ring (bicyclic) bond motifs is 1. The molecule has 4 rings (SSSR count). The van der Waals surface area contributed by atoms with E-state index in [-0.39, 0.29) is 11.8 Å². The Morgan fingerprint density at radius 2 is 1.94 bits per heavy atom. The molecule has 1 unspecified atom stereocenters. The van der Waals surface area contributed by atoms with Gasteiger partial charge >= 0.3 is 0 Å². The van der Waals surface area contributed by atoms with Gasteiger partial charge in [-0.3, -0.25) is 9.59 Å². The molecule has 0 spiro atoms. The monoisotopic (exact) mass is 477 g/mol. The maximum Gasteiger partial charge on any atom is 0.225 e. The van der Waals surface area contributed by atoms with Crippen molar-refractivity contribution in [3.05, 3.63) is 54.4 Å². The Hall–Kier alpha value is -3.39. The van der Waals surface area contributed by atoms with Crippen molar-refractivity contribution in [3.63, 3.8) is 0 Å². The summed E-state index contributed by atoms with van der Waals surface area (Å²) in [6.07, 6.45) is 9.64. The van der Waals surface area contributed by atoms with Crippen LogP contribution in [-0.4, -0.2) is 59.9 Å². The number of rotatable bonds is 11. The van der Waals surface area contributed by atoms with E-state index in [1.807, 2.05) is 61.6 Å². The quantitative estimate of drug-likeness (QED) is 0.366. The molecule has 3 N–H and O–H groups in total. The van der Waals surface area contributed by atoms with Crippen molar-refractivity contribution in [3.8, 4) is 11.5 Å². The van der Waals surface area contributed by atoms with Crippen molar-refractivity contribution in [2.75, 3.05) is 27.2 Å². The van der Waals surface area contributed by atoms with E-state index in [4.69, 9.17) is 4.74 Å². The number of benzene rings is 1. The first-order valence-electron chi connectivity index (χ1n) is 12.3. The second-order valence-electron chi connectivity index (χ2n) is 9.63. The van der Waals surface area contributed by atoms with E-state index in [2.05, 4.69) is 20.6 Å². The average Bonchev–Trinajstić information content (AvgIpc) is 3.34. The molecule has 1 fully saturated rings. The van der Waals surface area contributed by atoms with Crippen LogP contribution in [0, 0.1) is 5.92 Å². The van der Waals surface area contributed by atoms with E-state index in [1.165, 1.54) is 0 Å². The lowest BCUT2D eigenvalue weighted by Gasteiger charge is -2.42. The minimum absolute atomic E-state index is 0.00457. The van der Waals surface area contributed by atoms with E-state index in [0.717, 1.165) is 67.4 Å². The molecule has 0 bridgehead atoms. The van der Waals surface area contributed by atoms with Gasteiger partial charge < -0.3 is 25.3 Å². The van der Waals surface area contributed by atoms with Crippen molar-refractivity contribution >= 4 is 23.4 Å². The van der Waals surface area contributed by atoms with E-state index in [9.17, 15) is 9.59 Å². The molecule has 8 heteroatoms. The van der Waals surface area contributed by atoms with Crippen LogP contribution >= 0.6 is 0 Å². The molecule has 1 saturated carbocycles. The number of likely N-dealkylation sites (N-methyl/N-ethyl adjacent to an activating group) is 1. The smallest absolute Gasteiger partial charge is 0.225 e. The van der Waals surface area contributed by atoms with Gasteiger partial charge in [0.05, 0.1) is 16.8 Å². The van der Waals surface area contributed by atoms with Crippen LogP contribution in [0.1, 0.15) is 37.7 Å². The standard InChI is InChI=1S/C27H35N5O3/c1-32(2)17-16-30-26(34)23(27(31-19-33)12-4-3-5-13-27)18-20-6-8-21(9-7-20)35-24-11-15-29-25-22(24)10-14-28-25/h6-11,14-15,19,23H,3-5,12-13,16-18H2,1-2H3,(H,28,29)(H,30,34)(H,31,33). The third-order valence-electron chi connectivity index (χ3n) is 6.95. The number of H-pyrrole nitrogens is 1. The largest absolute Gasteiger partial charge is 0.457 e. The molecular weight excluding hydrogens is 442 g/mol. The van der Waals surface area contributed by atoms with Gasteiger partial charge in [0, 0.05) is 25.5 Å². The molecule has 2 aromatic heterocycles. The van der Waals surface area contributed by atoms with Crippen molar-refractivity contribution < 1.29 is 14.3 Å². The third kappa shape index (κ3) is 6.00. The first kappa shape index (κ1) is 24.7. The number of aromatic nitrogens is 2. The van der Waals surface area contributed by atoms with Gasteiger partial charge in [0.15, 0.2) is 0 Å². The van der Waals surface area contributed by atoms with Crippen LogP contribution in [0.3, 0.4) is 0 Å². The summed E-state index contributed by atoms with van der Waals surface area (Å²) < 4.78 is 6.11. The number of carbonyl (C=O) groups excluding carboxylic acids is 2. The molecular formula is C27H35N5O3. The van der Waals surface area contributed by atoms with Gasteiger partial charge in [-0.1, -0.05) is 31.4 Å². The van der Waals surface area contributed by atoms with Crippen LogP contribution in [-0.2, 0) is 16.0 Å². The second kappa shape index (κ2) is 11.4. The highest BCUT2D eigenvalue weighted by Gasteiger charge is 2.43. The van der Waals surface area contributed by atoms with E-state index in [1.54, 1.807) is 6.20 Å². The lowest BCUT2D eigenvalue weighted by molar-refractivity contribution is -0.129. The fraction of sp³-hybridized carbons (Fsp3) is 0.444. The first-order valence-corrected chi connectivity index (χ1v) is 12.3. The number of aromatic amines is 1. The Balaban J connectivity index is 1.52. The first-order chi connectivity index (χ1) is 17.0. The number of carbonyl (C=O) groups is 2. The summed E-state index contributed by atoms with van der Waals surface area (Å²) in [6.45, 7) is 1.34. The van der Waals surface area contributed by atoms with Crippen LogP contribution in [0.4, 0.5) is 0 Å².